The van der Waals surface area contributed by atoms with Crippen LogP contribution in [-0.4, -0.2) is 40.8 Å². The number of hydrogen-bond acceptors (Lipinski definition) is 5. The quantitative estimate of drug-likeness (QED) is 0.855. The number of hydrogen-bond donors (Lipinski definition) is 2. The van der Waals surface area contributed by atoms with Crippen LogP contribution in [0, 0.1) is 0 Å². The first-order valence-electron chi connectivity index (χ1n) is 7.35. The summed E-state index contributed by atoms with van der Waals surface area (Å²) in [6.45, 7) is 6.98. The maximum atomic E-state index is 9.61. The number of likely N-dealkylation sites (N-methyl/N-ethyl adjacent to an activating group) is 1. The van der Waals surface area contributed by atoms with Gasteiger partial charge in [-0.2, -0.15) is 4.98 Å². The van der Waals surface area contributed by atoms with E-state index < -0.39 is 0 Å². The maximum Gasteiger partial charge on any atom is 0.225 e. The molecule has 114 valence electrons. The molecule has 0 aliphatic rings. The van der Waals surface area contributed by atoms with Crippen molar-refractivity contribution in [3.8, 4) is 0 Å². The van der Waals surface area contributed by atoms with Gasteiger partial charge in [-0.05, 0) is 32.4 Å². The normalized spacial score (nSPS) is 11.7. The molecule has 5 heteroatoms. The molecule has 0 amide bonds. The predicted molar refractivity (Wildman–Crippen MR) is 87.9 cm³/mol. The van der Waals surface area contributed by atoms with Crippen LogP contribution < -0.4 is 10.2 Å². The highest BCUT2D eigenvalue weighted by Gasteiger charge is 2.25. The first-order valence-corrected chi connectivity index (χ1v) is 7.35. The van der Waals surface area contributed by atoms with Crippen LogP contribution in [0.2, 0.25) is 0 Å². The highest BCUT2D eigenvalue weighted by molar-refractivity contribution is 5.90. The van der Waals surface area contributed by atoms with Gasteiger partial charge in [-0.25, -0.2) is 4.98 Å². The molecule has 0 saturated carbocycles. The van der Waals surface area contributed by atoms with Crippen LogP contribution in [0.4, 0.5) is 11.8 Å². The monoisotopic (exact) mass is 288 g/mol. The zero-order valence-corrected chi connectivity index (χ0v) is 13.2. The van der Waals surface area contributed by atoms with Gasteiger partial charge in [0.25, 0.3) is 0 Å². The summed E-state index contributed by atoms with van der Waals surface area (Å²) in [5, 5.41) is 13.8. The lowest BCUT2D eigenvalue weighted by Crippen LogP contribution is -2.45. The predicted octanol–water partition coefficient (Wildman–Crippen LogP) is 2.66. The molecule has 2 aromatic rings. The average Bonchev–Trinajstić information content (AvgIpc) is 2.51. The Labute approximate surface area is 126 Å². The minimum absolute atomic E-state index is 0.0551. The van der Waals surface area contributed by atoms with E-state index >= 15 is 0 Å². The summed E-state index contributed by atoms with van der Waals surface area (Å²) in [5.74, 6) is 1.46. The maximum absolute atomic E-state index is 9.61. The molecule has 0 bridgehead atoms. The zero-order chi connectivity index (χ0) is 15.5. The molecule has 1 aromatic carbocycles. The molecular formula is C16H24N4O. The van der Waals surface area contributed by atoms with Crippen molar-refractivity contribution in [1.82, 2.24) is 9.97 Å². The number of nitrogens with one attached hydrogen (secondary N) is 1. The Hall–Kier alpha value is -1.88. The third-order valence-corrected chi connectivity index (χ3v) is 3.73. The fourth-order valence-electron chi connectivity index (χ4n) is 2.02. The summed E-state index contributed by atoms with van der Waals surface area (Å²) in [4.78, 5) is 11.2. The van der Waals surface area contributed by atoms with Crippen molar-refractivity contribution >= 4 is 22.7 Å². The lowest BCUT2D eigenvalue weighted by Gasteiger charge is -2.35. The van der Waals surface area contributed by atoms with E-state index in [0.29, 0.717) is 5.95 Å². The minimum atomic E-state index is -0.390. The number of aliphatic hydroxyl groups is 1. The molecule has 2 N–H and O–H groups in total. The van der Waals surface area contributed by atoms with Crippen LogP contribution in [0.25, 0.3) is 10.9 Å². The van der Waals surface area contributed by atoms with E-state index in [1.807, 2.05) is 50.1 Å². The Balaban J connectivity index is 2.54. The van der Waals surface area contributed by atoms with E-state index in [-0.39, 0.29) is 12.1 Å². The van der Waals surface area contributed by atoms with Crippen LogP contribution >= 0.6 is 0 Å². The molecule has 0 atom stereocenters. The standard InChI is InChI=1S/C16H24N4O/c1-5-10-17-15-18-13-9-7-6-8-12(13)14(19-15)20(4)16(2,3)11-21/h6-9,21H,5,10-11H2,1-4H3,(H,17,18,19). The van der Waals surface area contributed by atoms with E-state index in [2.05, 4.69) is 22.2 Å². The highest BCUT2D eigenvalue weighted by atomic mass is 16.3. The van der Waals surface area contributed by atoms with Crippen molar-refractivity contribution in [2.45, 2.75) is 32.7 Å². The van der Waals surface area contributed by atoms with Crippen molar-refractivity contribution in [1.29, 1.82) is 0 Å². The summed E-state index contributed by atoms with van der Waals surface area (Å²) in [5.41, 5.74) is 0.515. The molecule has 0 aliphatic heterocycles. The summed E-state index contributed by atoms with van der Waals surface area (Å²) < 4.78 is 0. The van der Waals surface area contributed by atoms with Crippen molar-refractivity contribution in [2.24, 2.45) is 0 Å². The van der Waals surface area contributed by atoms with Gasteiger partial charge in [0, 0.05) is 19.0 Å². The molecule has 0 aliphatic carbocycles. The first-order chi connectivity index (χ1) is 9.99. The molecular weight excluding hydrogens is 264 g/mol. The summed E-state index contributed by atoms with van der Waals surface area (Å²) >= 11 is 0. The van der Waals surface area contributed by atoms with Crippen LogP contribution in [0.5, 0.6) is 0 Å². The van der Waals surface area contributed by atoms with Crippen molar-refractivity contribution < 1.29 is 5.11 Å². The van der Waals surface area contributed by atoms with Crippen LogP contribution in [-0.2, 0) is 0 Å². The second kappa shape index (κ2) is 6.26. The van der Waals surface area contributed by atoms with Gasteiger partial charge in [0.05, 0.1) is 17.7 Å². The van der Waals surface area contributed by atoms with Gasteiger partial charge < -0.3 is 15.3 Å². The van der Waals surface area contributed by atoms with Crippen LogP contribution in [0.1, 0.15) is 27.2 Å². The number of aromatic nitrogens is 2. The Morgan fingerprint density at radius 2 is 1.95 bits per heavy atom. The first kappa shape index (κ1) is 15.5. The minimum Gasteiger partial charge on any atom is -0.394 e. The average molecular weight is 288 g/mol. The largest absolute Gasteiger partial charge is 0.394 e. The fraction of sp³-hybridized carbons (Fsp3) is 0.500. The summed E-state index contributed by atoms with van der Waals surface area (Å²) in [6.07, 6.45) is 1.02. The number of fused-ring (bicyclic) bond motifs is 1. The zero-order valence-electron chi connectivity index (χ0n) is 13.2. The molecule has 0 unspecified atom stereocenters. The van der Waals surface area contributed by atoms with E-state index in [4.69, 9.17) is 0 Å². The number of benzene rings is 1. The Bertz CT molecular complexity index is 612. The van der Waals surface area contributed by atoms with Crippen molar-refractivity contribution in [3.63, 3.8) is 0 Å². The Morgan fingerprint density at radius 1 is 1.24 bits per heavy atom. The van der Waals surface area contributed by atoms with E-state index in [0.717, 1.165) is 29.7 Å². The van der Waals surface area contributed by atoms with E-state index in [9.17, 15) is 5.11 Å². The van der Waals surface area contributed by atoms with Gasteiger partial charge in [-0.15, -0.1) is 0 Å². The lowest BCUT2D eigenvalue weighted by molar-refractivity contribution is 0.216. The molecule has 0 fully saturated rings. The van der Waals surface area contributed by atoms with Crippen LogP contribution in [0.3, 0.4) is 0 Å². The van der Waals surface area contributed by atoms with E-state index in [1.54, 1.807) is 0 Å². The lowest BCUT2D eigenvalue weighted by atomic mass is 10.0. The summed E-state index contributed by atoms with van der Waals surface area (Å²) in [7, 11) is 1.95. The molecule has 1 aromatic heterocycles. The molecule has 0 spiro atoms. The fourth-order valence-corrected chi connectivity index (χ4v) is 2.02. The molecule has 2 rings (SSSR count). The van der Waals surface area contributed by atoms with Gasteiger partial charge in [0.2, 0.25) is 5.95 Å². The summed E-state index contributed by atoms with van der Waals surface area (Å²) in [6, 6.07) is 7.95. The van der Waals surface area contributed by atoms with Gasteiger partial charge >= 0.3 is 0 Å². The molecule has 1 heterocycles. The van der Waals surface area contributed by atoms with Gasteiger partial charge in [-0.1, -0.05) is 19.1 Å². The number of aliphatic hydroxyl groups excluding tert-OH is 1. The smallest absolute Gasteiger partial charge is 0.225 e. The molecule has 5 nitrogen and oxygen atoms in total. The Kier molecular flexibility index (Phi) is 4.63. The van der Waals surface area contributed by atoms with Crippen molar-refractivity contribution in [3.05, 3.63) is 24.3 Å². The van der Waals surface area contributed by atoms with E-state index in [1.165, 1.54) is 0 Å². The van der Waals surface area contributed by atoms with Gasteiger partial charge in [0.1, 0.15) is 5.82 Å². The second-order valence-corrected chi connectivity index (χ2v) is 5.84. The third-order valence-electron chi connectivity index (χ3n) is 3.73. The molecule has 0 saturated heterocycles. The molecule has 21 heavy (non-hydrogen) atoms. The number of rotatable bonds is 6. The highest BCUT2D eigenvalue weighted by Crippen LogP contribution is 2.28. The Morgan fingerprint density at radius 3 is 2.62 bits per heavy atom. The van der Waals surface area contributed by atoms with Gasteiger partial charge in [0.15, 0.2) is 0 Å². The molecule has 0 radical (unpaired) electrons. The van der Waals surface area contributed by atoms with Gasteiger partial charge in [-0.3, -0.25) is 0 Å². The SMILES string of the molecule is CCCNc1nc(N(C)C(C)(C)CO)c2ccccc2n1. The topological polar surface area (TPSA) is 61.3 Å². The number of anilines is 2. The van der Waals surface area contributed by atoms with Crippen molar-refractivity contribution in [2.75, 3.05) is 30.4 Å². The number of nitrogens with zero attached hydrogens (tertiary/aromatic N) is 3. The second-order valence-electron chi connectivity index (χ2n) is 5.84. The number of para-hydroxylation sites is 1. The van der Waals surface area contributed by atoms with Crippen LogP contribution in [0.15, 0.2) is 24.3 Å². The third kappa shape index (κ3) is 3.24.